The van der Waals surface area contributed by atoms with Gasteiger partial charge < -0.3 is 14.5 Å². The monoisotopic (exact) mass is 372 g/mol. The first-order chi connectivity index (χ1) is 12.7. The molecule has 0 unspecified atom stereocenters. The number of H-pyrrole nitrogens is 1. The standard InChI is InChI=1S/C18H20N4O3S/c1-26-18-20-16(15(12-19)17(23)21-18)13-2-4-14(5-3-13)25-11-8-22-6-9-24-10-7-22/h2-5H,6-11H2,1H3,(H,20,21,23). The Bertz CT molecular complexity index is 839. The molecule has 0 atom stereocenters. The van der Waals surface area contributed by atoms with E-state index in [2.05, 4.69) is 14.9 Å². The van der Waals surface area contributed by atoms with Crippen molar-refractivity contribution in [2.24, 2.45) is 0 Å². The second-order valence-corrected chi connectivity index (χ2v) is 6.53. The average molecular weight is 372 g/mol. The number of thioether (sulfide) groups is 1. The SMILES string of the molecule is CSc1nc(-c2ccc(OCCN3CCOCC3)cc2)c(C#N)c(=O)[nH]1. The number of morpholine rings is 1. The van der Waals surface area contributed by atoms with Crippen molar-refractivity contribution in [3.63, 3.8) is 0 Å². The van der Waals surface area contributed by atoms with E-state index in [1.807, 2.05) is 36.6 Å². The maximum absolute atomic E-state index is 12.0. The predicted octanol–water partition coefficient (Wildman–Crippen LogP) is 1.74. The zero-order valence-corrected chi connectivity index (χ0v) is 15.3. The van der Waals surface area contributed by atoms with E-state index in [9.17, 15) is 10.1 Å². The van der Waals surface area contributed by atoms with E-state index in [1.165, 1.54) is 11.8 Å². The van der Waals surface area contributed by atoms with Crippen LogP contribution in [0.5, 0.6) is 5.75 Å². The zero-order valence-electron chi connectivity index (χ0n) is 14.5. The number of hydrogen-bond acceptors (Lipinski definition) is 7. The van der Waals surface area contributed by atoms with Crippen molar-refractivity contribution in [2.75, 3.05) is 45.7 Å². The van der Waals surface area contributed by atoms with Crippen molar-refractivity contribution in [2.45, 2.75) is 5.16 Å². The highest BCUT2D eigenvalue weighted by atomic mass is 32.2. The molecule has 3 rings (SSSR count). The van der Waals surface area contributed by atoms with E-state index in [-0.39, 0.29) is 5.56 Å². The summed E-state index contributed by atoms with van der Waals surface area (Å²) >= 11 is 1.32. The Balaban J connectivity index is 1.68. The molecule has 1 aliphatic rings. The lowest BCUT2D eigenvalue weighted by atomic mass is 10.1. The second-order valence-electron chi connectivity index (χ2n) is 5.74. The molecule has 7 nitrogen and oxygen atoms in total. The minimum absolute atomic E-state index is 0.0174. The van der Waals surface area contributed by atoms with Crippen LogP contribution in [-0.2, 0) is 4.74 Å². The Kier molecular flexibility index (Phi) is 6.28. The van der Waals surface area contributed by atoms with Gasteiger partial charge in [-0.05, 0) is 30.5 Å². The number of rotatable bonds is 6. The third-order valence-electron chi connectivity index (χ3n) is 4.11. The third-order valence-corrected chi connectivity index (χ3v) is 4.69. The van der Waals surface area contributed by atoms with E-state index in [0.29, 0.717) is 23.0 Å². The first-order valence-corrected chi connectivity index (χ1v) is 9.55. The summed E-state index contributed by atoms with van der Waals surface area (Å²) in [5.41, 5.74) is 0.695. The Hall–Kier alpha value is -2.34. The van der Waals surface area contributed by atoms with Gasteiger partial charge in [-0.1, -0.05) is 11.8 Å². The predicted molar refractivity (Wildman–Crippen MR) is 99.5 cm³/mol. The molecule has 1 fully saturated rings. The average Bonchev–Trinajstić information content (AvgIpc) is 2.68. The molecule has 0 bridgehead atoms. The fraction of sp³-hybridized carbons (Fsp3) is 0.389. The topological polar surface area (TPSA) is 91.2 Å². The molecule has 1 aromatic heterocycles. The molecule has 1 aliphatic heterocycles. The van der Waals surface area contributed by atoms with Crippen molar-refractivity contribution >= 4 is 11.8 Å². The Morgan fingerprint density at radius 1 is 1.35 bits per heavy atom. The van der Waals surface area contributed by atoms with Gasteiger partial charge in [0.05, 0.1) is 18.9 Å². The number of nitrogens with zero attached hydrogens (tertiary/aromatic N) is 3. The summed E-state index contributed by atoms with van der Waals surface area (Å²) in [4.78, 5) is 21.3. The van der Waals surface area contributed by atoms with Gasteiger partial charge >= 0.3 is 0 Å². The van der Waals surface area contributed by atoms with Crippen LogP contribution in [0.2, 0.25) is 0 Å². The Labute approximate surface area is 156 Å². The van der Waals surface area contributed by atoms with Crippen LogP contribution in [0.25, 0.3) is 11.3 Å². The molecule has 0 saturated carbocycles. The summed E-state index contributed by atoms with van der Waals surface area (Å²) in [6.07, 6.45) is 1.82. The largest absolute Gasteiger partial charge is 0.492 e. The van der Waals surface area contributed by atoms with Crippen LogP contribution in [0.15, 0.2) is 34.2 Å². The molecule has 1 aromatic carbocycles. The quantitative estimate of drug-likeness (QED) is 0.610. The lowest BCUT2D eigenvalue weighted by Crippen LogP contribution is -2.38. The normalized spacial score (nSPS) is 14.8. The minimum Gasteiger partial charge on any atom is -0.492 e. The van der Waals surface area contributed by atoms with E-state index in [0.717, 1.165) is 38.6 Å². The van der Waals surface area contributed by atoms with E-state index in [4.69, 9.17) is 9.47 Å². The van der Waals surface area contributed by atoms with E-state index in [1.54, 1.807) is 0 Å². The minimum atomic E-state index is -0.423. The molecule has 0 amide bonds. The van der Waals surface area contributed by atoms with Gasteiger partial charge in [0.15, 0.2) is 5.16 Å². The summed E-state index contributed by atoms with van der Waals surface area (Å²) in [5.74, 6) is 0.746. The Morgan fingerprint density at radius 3 is 2.73 bits per heavy atom. The summed E-state index contributed by atoms with van der Waals surface area (Å²) in [6, 6.07) is 9.23. The number of benzene rings is 1. The molecule has 2 heterocycles. The number of nitriles is 1. The number of ether oxygens (including phenoxy) is 2. The lowest BCUT2D eigenvalue weighted by molar-refractivity contribution is 0.0322. The zero-order chi connectivity index (χ0) is 18.4. The highest BCUT2D eigenvalue weighted by Gasteiger charge is 2.13. The first kappa shape index (κ1) is 18.5. The van der Waals surface area contributed by atoms with Crippen molar-refractivity contribution in [3.8, 4) is 23.1 Å². The van der Waals surface area contributed by atoms with Crippen LogP contribution < -0.4 is 10.3 Å². The molecule has 0 spiro atoms. The van der Waals surface area contributed by atoms with Crippen LogP contribution in [0.4, 0.5) is 0 Å². The number of hydrogen-bond donors (Lipinski definition) is 1. The van der Waals surface area contributed by atoms with Crippen LogP contribution in [0.1, 0.15) is 5.56 Å². The maximum Gasteiger partial charge on any atom is 0.270 e. The molecule has 0 radical (unpaired) electrons. The second kappa shape index (κ2) is 8.85. The summed E-state index contributed by atoms with van der Waals surface area (Å²) in [6.45, 7) is 4.88. The van der Waals surface area contributed by atoms with Crippen LogP contribution >= 0.6 is 11.8 Å². The fourth-order valence-electron chi connectivity index (χ4n) is 2.69. The number of nitrogens with one attached hydrogen (secondary N) is 1. The number of aromatic nitrogens is 2. The lowest BCUT2D eigenvalue weighted by Gasteiger charge is -2.26. The van der Waals surface area contributed by atoms with Gasteiger partial charge in [-0.25, -0.2) is 4.98 Å². The molecule has 1 N–H and O–H groups in total. The van der Waals surface area contributed by atoms with Gasteiger partial charge in [0, 0.05) is 25.2 Å². The van der Waals surface area contributed by atoms with Crippen LogP contribution in [0, 0.1) is 11.3 Å². The van der Waals surface area contributed by atoms with Gasteiger partial charge in [0.25, 0.3) is 5.56 Å². The first-order valence-electron chi connectivity index (χ1n) is 8.33. The van der Waals surface area contributed by atoms with Crippen molar-refractivity contribution in [3.05, 3.63) is 40.2 Å². The van der Waals surface area contributed by atoms with E-state index >= 15 is 0 Å². The van der Waals surface area contributed by atoms with Crippen LogP contribution in [0.3, 0.4) is 0 Å². The fourth-order valence-corrected chi connectivity index (χ4v) is 3.07. The Morgan fingerprint density at radius 2 is 2.08 bits per heavy atom. The van der Waals surface area contributed by atoms with Crippen molar-refractivity contribution in [1.29, 1.82) is 5.26 Å². The van der Waals surface area contributed by atoms with Gasteiger partial charge in [0.2, 0.25) is 0 Å². The molecular formula is C18H20N4O3S. The molecule has 26 heavy (non-hydrogen) atoms. The molecule has 136 valence electrons. The summed E-state index contributed by atoms with van der Waals surface area (Å²) < 4.78 is 11.1. The highest BCUT2D eigenvalue weighted by Crippen LogP contribution is 2.23. The third kappa shape index (κ3) is 4.43. The van der Waals surface area contributed by atoms with Gasteiger partial charge in [-0.3, -0.25) is 9.69 Å². The molecular weight excluding hydrogens is 352 g/mol. The van der Waals surface area contributed by atoms with Gasteiger partial charge in [-0.15, -0.1) is 0 Å². The van der Waals surface area contributed by atoms with Crippen molar-refractivity contribution < 1.29 is 9.47 Å². The van der Waals surface area contributed by atoms with Gasteiger partial charge in [-0.2, -0.15) is 5.26 Å². The molecule has 8 heteroatoms. The van der Waals surface area contributed by atoms with Gasteiger partial charge in [0.1, 0.15) is 24.0 Å². The van der Waals surface area contributed by atoms with Crippen molar-refractivity contribution in [1.82, 2.24) is 14.9 Å². The highest BCUT2D eigenvalue weighted by molar-refractivity contribution is 7.98. The summed E-state index contributed by atoms with van der Waals surface area (Å²) in [5, 5.41) is 9.75. The summed E-state index contributed by atoms with van der Waals surface area (Å²) in [7, 11) is 0. The molecule has 0 aliphatic carbocycles. The van der Waals surface area contributed by atoms with E-state index < -0.39 is 5.56 Å². The molecule has 1 saturated heterocycles. The smallest absolute Gasteiger partial charge is 0.270 e. The van der Waals surface area contributed by atoms with Crippen LogP contribution in [-0.4, -0.2) is 60.6 Å². The molecule has 2 aromatic rings. The maximum atomic E-state index is 12.0. The number of aromatic amines is 1.